The molecule has 3 N–H and O–H groups in total. The van der Waals surface area contributed by atoms with Gasteiger partial charge in [0.2, 0.25) is 0 Å². The predicted molar refractivity (Wildman–Crippen MR) is 74.4 cm³/mol. The van der Waals surface area contributed by atoms with Gasteiger partial charge >= 0.3 is 0 Å². The van der Waals surface area contributed by atoms with Crippen molar-refractivity contribution in [2.45, 2.75) is 33.2 Å². The molecule has 1 unspecified atom stereocenters. The van der Waals surface area contributed by atoms with Crippen LogP contribution in [0.1, 0.15) is 31.4 Å². The Morgan fingerprint density at radius 3 is 2.53 bits per heavy atom. The molecule has 0 aliphatic rings. The SMILES string of the molecule is Cc1ccc(C(Cc2nc(C)c(C)s2)NN)s1. The van der Waals surface area contributed by atoms with Crippen molar-refractivity contribution in [3.05, 3.63) is 37.5 Å². The van der Waals surface area contributed by atoms with E-state index in [2.05, 4.69) is 43.3 Å². The largest absolute Gasteiger partial charge is 0.271 e. The Labute approximate surface area is 110 Å². The van der Waals surface area contributed by atoms with Crippen LogP contribution in [0.5, 0.6) is 0 Å². The minimum Gasteiger partial charge on any atom is -0.271 e. The molecule has 92 valence electrons. The van der Waals surface area contributed by atoms with Gasteiger partial charge in [0.1, 0.15) is 0 Å². The Morgan fingerprint density at radius 1 is 1.29 bits per heavy atom. The van der Waals surface area contributed by atoms with E-state index in [1.54, 1.807) is 22.7 Å². The van der Waals surface area contributed by atoms with E-state index in [4.69, 9.17) is 5.84 Å². The third kappa shape index (κ3) is 2.93. The Morgan fingerprint density at radius 2 is 2.06 bits per heavy atom. The first kappa shape index (κ1) is 12.7. The number of nitrogens with two attached hydrogens (primary N) is 1. The van der Waals surface area contributed by atoms with Crippen molar-refractivity contribution >= 4 is 22.7 Å². The van der Waals surface area contributed by atoms with Crippen molar-refractivity contribution in [2.75, 3.05) is 0 Å². The number of nitrogens with one attached hydrogen (secondary N) is 1. The molecule has 1 atom stereocenters. The van der Waals surface area contributed by atoms with Crippen molar-refractivity contribution in [2.24, 2.45) is 5.84 Å². The lowest BCUT2D eigenvalue weighted by Crippen LogP contribution is -2.28. The average molecular weight is 267 g/mol. The minimum absolute atomic E-state index is 0.165. The lowest BCUT2D eigenvalue weighted by atomic mass is 10.2. The fourth-order valence-electron chi connectivity index (χ4n) is 1.68. The number of nitrogens with zero attached hydrogens (tertiary/aromatic N) is 1. The van der Waals surface area contributed by atoms with Crippen LogP contribution >= 0.6 is 22.7 Å². The molecule has 5 heteroatoms. The summed E-state index contributed by atoms with van der Waals surface area (Å²) < 4.78 is 0. The molecule has 0 saturated carbocycles. The van der Waals surface area contributed by atoms with Gasteiger partial charge in [-0.1, -0.05) is 0 Å². The van der Waals surface area contributed by atoms with Crippen molar-refractivity contribution in [1.82, 2.24) is 10.4 Å². The van der Waals surface area contributed by atoms with E-state index in [9.17, 15) is 0 Å². The lowest BCUT2D eigenvalue weighted by molar-refractivity contribution is 0.559. The molecular weight excluding hydrogens is 250 g/mol. The molecule has 17 heavy (non-hydrogen) atoms. The summed E-state index contributed by atoms with van der Waals surface area (Å²) in [5.74, 6) is 5.64. The van der Waals surface area contributed by atoms with Gasteiger partial charge in [-0.15, -0.1) is 22.7 Å². The Kier molecular flexibility index (Phi) is 3.93. The molecule has 2 aromatic heterocycles. The van der Waals surface area contributed by atoms with Crippen LogP contribution in [0.2, 0.25) is 0 Å². The quantitative estimate of drug-likeness (QED) is 0.661. The minimum atomic E-state index is 0.165. The summed E-state index contributed by atoms with van der Waals surface area (Å²) in [6, 6.07) is 4.43. The molecule has 0 aliphatic heterocycles. The first-order valence-electron chi connectivity index (χ1n) is 5.55. The first-order valence-corrected chi connectivity index (χ1v) is 7.19. The zero-order valence-corrected chi connectivity index (χ0v) is 11.9. The highest BCUT2D eigenvalue weighted by molar-refractivity contribution is 7.12. The fraction of sp³-hybridized carbons (Fsp3) is 0.417. The number of hydrazine groups is 1. The lowest BCUT2D eigenvalue weighted by Gasteiger charge is -2.12. The standard InChI is InChI=1S/C12H17N3S2/c1-7-4-5-11(16-7)10(15-13)6-12-14-8(2)9(3)17-12/h4-5,10,15H,6,13H2,1-3H3. The number of rotatable bonds is 4. The highest BCUT2D eigenvalue weighted by atomic mass is 32.1. The van der Waals surface area contributed by atoms with Gasteiger partial charge in [-0.25, -0.2) is 4.98 Å². The highest BCUT2D eigenvalue weighted by Crippen LogP contribution is 2.27. The third-order valence-electron chi connectivity index (χ3n) is 2.76. The first-order chi connectivity index (χ1) is 8.10. The smallest absolute Gasteiger partial charge is 0.0950 e. The second-order valence-electron chi connectivity index (χ2n) is 4.12. The van der Waals surface area contributed by atoms with Gasteiger partial charge in [0.15, 0.2) is 0 Å². The van der Waals surface area contributed by atoms with Gasteiger partial charge in [-0.05, 0) is 32.9 Å². The van der Waals surface area contributed by atoms with E-state index in [0.29, 0.717) is 0 Å². The van der Waals surface area contributed by atoms with Crippen molar-refractivity contribution < 1.29 is 0 Å². The Hall–Kier alpha value is -0.750. The van der Waals surface area contributed by atoms with Crippen LogP contribution in [-0.4, -0.2) is 4.98 Å². The maximum Gasteiger partial charge on any atom is 0.0950 e. The molecule has 0 aromatic carbocycles. The van der Waals surface area contributed by atoms with E-state index in [1.165, 1.54) is 14.6 Å². The van der Waals surface area contributed by atoms with E-state index in [0.717, 1.165) is 17.1 Å². The highest BCUT2D eigenvalue weighted by Gasteiger charge is 2.15. The maximum absolute atomic E-state index is 5.64. The molecule has 3 nitrogen and oxygen atoms in total. The molecule has 0 fully saturated rings. The average Bonchev–Trinajstić information content (AvgIpc) is 2.83. The van der Waals surface area contributed by atoms with Crippen LogP contribution in [0.3, 0.4) is 0 Å². The fourth-order valence-corrected chi connectivity index (χ4v) is 3.60. The number of aromatic nitrogens is 1. The molecule has 2 aromatic rings. The zero-order chi connectivity index (χ0) is 12.4. The number of aryl methyl sites for hydroxylation is 3. The Balaban J connectivity index is 2.15. The topological polar surface area (TPSA) is 50.9 Å². The number of thiophene rings is 1. The summed E-state index contributed by atoms with van der Waals surface area (Å²) in [4.78, 5) is 8.43. The van der Waals surface area contributed by atoms with Crippen LogP contribution in [0, 0.1) is 20.8 Å². The maximum atomic E-state index is 5.64. The van der Waals surface area contributed by atoms with Gasteiger partial charge < -0.3 is 0 Å². The van der Waals surface area contributed by atoms with E-state index >= 15 is 0 Å². The summed E-state index contributed by atoms with van der Waals surface area (Å²) >= 11 is 3.54. The molecule has 0 spiro atoms. The van der Waals surface area contributed by atoms with Crippen LogP contribution in [-0.2, 0) is 6.42 Å². The molecule has 2 rings (SSSR count). The monoisotopic (exact) mass is 267 g/mol. The van der Waals surface area contributed by atoms with Crippen LogP contribution < -0.4 is 11.3 Å². The summed E-state index contributed by atoms with van der Waals surface area (Å²) in [5.41, 5.74) is 4.01. The van der Waals surface area contributed by atoms with Crippen LogP contribution in [0.25, 0.3) is 0 Å². The zero-order valence-electron chi connectivity index (χ0n) is 10.3. The Bertz CT molecular complexity index is 482. The van der Waals surface area contributed by atoms with Gasteiger partial charge in [0.25, 0.3) is 0 Å². The molecule has 0 radical (unpaired) electrons. The van der Waals surface area contributed by atoms with Crippen molar-refractivity contribution in [3.63, 3.8) is 0 Å². The number of thiazole rings is 1. The predicted octanol–water partition coefficient (Wildman–Crippen LogP) is 2.88. The normalized spacial score (nSPS) is 12.9. The van der Waals surface area contributed by atoms with Crippen molar-refractivity contribution in [1.29, 1.82) is 0 Å². The summed E-state index contributed by atoms with van der Waals surface area (Å²) in [7, 11) is 0. The van der Waals surface area contributed by atoms with E-state index in [1.807, 2.05) is 0 Å². The molecule has 2 heterocycles. The van der Waals surface area contributed by atoms with Crippen LogP contribution in [0.15, 0.2) is 12.1 Å². The van der Waals surface area contributed by atoms with E-state index in [-0.39, 0.29) is 6.04 Å². The molecule has 0 saturated heterocycles. The second kappa shape index (κ2) is 5.27. The van der Waals surface area contributed by atoms with Gasteiger partial charge in [0.05, 0.1) is 16.7 Å². The number of hydrogen-bond donors (Lipinski definition) is 2. The van der Waals surface area contributed by atoms with Gasteiger partial charge in [-0.2, -0.15) is 0 Å². The molecule has 0 aliphatic carbocycles. The summed E-state index contributed by atoms with van der Waals surface area (Å²) in [6.07, 6.45) is 0.857. The van der Waals surface area contributed by atoms with Gasteiger partial charge in [-0.3, -0.25) is 11.3 Å². The van der Waals surface area contributed by atoms with Gasteiger partial charge in [0, 0.05) is 21.1 Å². The summed E-state index contributed by atoms with van der Waals surface area (Å²) in [5, 5.41) is 1.15. The van der Waals surface area contributed by atoms with E-state index < -0.39 is 0 Å². The summed E-state index contributed by atoms with van der Waals surface area (Å²) in [6.45, 7) is 6.27. The number of hydrogen-bond acceptors (Lipinski definition) is 5. The van der Waals surface area contributed by atoms with Crippen LogP contribution in [0.4, 0.5) is 0 Å². The molecule has 0 bridgehead atoms. The molecule has 0 amide bonds. The second-order valence-corrected chi connectivity index (χ2v) is 6.73. The van der Waals surface area contributed by atoms with Crippen molar-refractivity contribution in [3.8, 4) is 0 Å². The molecular formula is C12H17N3S2. The third-order valence-corrected chi connectivity index (χ3v) is 4.97.